The van der Waals surface area contributed by atoms with E-state index in [9.17, 15) is 0 Å². The number of fused-ring (bicyclic) bond motifs is 5. The molecule has 4 aromatic heterocycles. The normalized spacial score (nSPS) is 11.4. The number of benzene rings is 7. The summed E-state index contributed by atoms with van der Waals surface area (Å²) in [5.41, 5.74) is 13.1. The van der Waals surface area contributed by atoms with Gasteiger partial charge in [-0.15, -0.1) is 0 Å². The largest absolute Gasteiger partial charge is 0.292 e. The van der Waals surface area contributed by atoms with E-state index in [0.717, 1.165) is 101 Å². The van der Waals surface area contributed by atoms with Crippen molar-refractivity contribution in [2.75, 3.05) is 0 Å². The summed E-state index contributed by atoms with van der Waals surface area (Å²) in [5.74, 6) is 1.54. The molecule has 7 aromatic carbocycles. The summed E-state index contributed by atoms with van der Waals surface area (Å²) in [6.45, 7) is 0. The lowest BCUT2D eigenvalue weighted by Gasteiger charge is -2.13. The summed E-state index contributed by atoms with van der Waals surface area (Å²) in [5, 5.41) is 3.23. The number of hydrogen-bond donors (Lipinski definition) is 0. The molecule has 0 aliphatic rings. The fourth-order valence-electron chi connectivity index (χ4n) is 8.00. The third-order valence-electron chi connectivity index (χ3n) is 10.8. The van der Waals surface area contributed by atoms with E-state index in [0.29, 0.717) is 5.82 Å². The van der Waals surface area contributed by atoms with Crippen molar-refractivity contribution in [1.29, 1.82) is 0 Å². The predicted octanol–water partition coefficient (Wildman–Crippen LogP) is 12.9. The standard InChI is InChI=1S/C53H34N6/c1-5-16-35(17-6-1)46-34-47(57-52(56-46)38-18-7-2-8-19-38)45-27-15-26-43(54-45)36-28-30-37(31-29-36)50-49-42(41-24-13-14-25-44(41)55-50)32-33-48-51(49)58-53(39-20-9-3-10-21-39)59(48)40-22-11-4-12-23-40/h1-34H. The quantitative estimate of drug-likeness (QED) is 0.152. The fraction of sp³-hybridized carbons (Fsp3) is 0. The predicted molar refractivity (Wildman–Crippen MR) is 240 cm³/mol. The van der Waals surface area contributed by atoms with Gasteiger partial charge in [0, 0.05) is 44.3 Å². The van der Waals surface area contributed by atoms with Crippen LogP contribution in [0.3, 0.4) is 0 Å². The second kappa shape index (κ2) is 14.4. The molecule has 0 aliphatic carbocycles. The van der Waals surface area contributed by atoms with E-state index in [2.05, 4.69) is 120 Å². The van der Waals surface area contributed by atoms with Gasteiger partial charge < -0.3 is 0 Å². The lowest BCUT2D eigenvalue weighted by atomic mass is 9.97. The maximum Gasteiger partial charge on any atom is 0.160 e. The van der Waals surface area contributed by atoms with Crippen LogP contribution in [-0.2, 0) is 0 Å². The summed E-state index contributed by atoms with van der Waals surface area (Å²) in [7, 11) is 0. The third-order valence-corrected chi connectivity index (χ3v) is 10.8. The van der Waals surface area contributed by atoms with Gasteiger partial charge in [0.2, 0.25) is 0 Å². The van der Waals surface area contributed by atoms with Crippen LogP contribution in [-0.4, -0.2) is 29.5 Å². The number of hydrogen-bond acceptors (Lipinski definition) is 5. The lowest BCUT2D eigenvalue weighted by molar-refractivity contribution is 1.10. The zero-order valence-electron chi connectivity index (χ0n) is 31.8. The molecule has 0 saturated carbocycles. The molecule has 0 bridgehead atoms. The molecule has 0 amide bonds. The van der Waals surface area contributed by atoms with Gasteiger partial charge in [0.1, 0.15) is 5.82 Å². The molecule has 6 nitrogen and oxygen atoms in total. The molecular formula is C53H34N6. The molecule has 0 spiro atoms. The summed E-state index contributed by atoms with van der Waals surface area (Å²) in [6.07, 6.45) is 0. The van der Waals surface area contributed by atoms with Crippen molar-refractivity contribution in [2.24, 2.45) is 0 Å². The van der Waals surface area contributed by atoms with Crippen LogP contribution < -0.4 is 0 Å². The van der Waals surface area contributed by atoms with Crippen molar-refractivity contribution in [3.63, 3.8) is 0 Å². The van der Waals surface area contributed by atoms with Gasteiger partial charge in [-0.2, -0.15) is 0 Å². The van der Waals surface area contributed by atoms with Crippen molar-refractivity contribution in [1.82, 2.24) is 29.5 Å². The summed E-state index contributed by atoms with van der Waals surface area (Å²) < 4.78 is 2.26. The molecule has 6 heteroatoms. The number of imidazole rings is 1. The Kier molecular flexibility index (Phi) is 8.37. The smallest absolute Gasteiger partial charge is 0.160 e. The van der Waals surface area contributed by atoms with Gasteiger partial charge in [-0.25, -0.2) is 24.9 Å². The highest BCUT2D eigenvalue weighted by Crippen LogP contribution is 2.40. The second-order valence-corrected chi connectivity index (χ2v) is 14.5. The lowest BCUT2D eigenvalue weighted by Crippen LogP contribution is -1.97. The zero-order valence-corrected chi connectivity index (χ0v) is 31.8. The minimum absolute atomic E-state index is 0.659. The summed E-state index contributed by atoms with van der Waals surface area (Å²) in [6, 6.07) is 70.6. The van der Waals surface area contributed by atoms with Crippen LogP contribution in [0.25, 0.3) is 106 Å². The van der Waals surface area contributed by atoms with Crippen molar-refractivity contribution in [3.8, 4) is 73.6 Å². The van der Waals surface area contributed by atoms with Crippen molar-refractivity contribution in [3.05, 3.63) is 206 Å². The van der Waals surface area contributed by atoms with E-state index in [1.807, 2.05) is 91.0 Å². The van der Waals surface area contributed by atoms with Crippen molar-refractivity contribution >= 4 is 32.7 Å². The fourth-order valence-corrected chi connectivity index (χ4v) is 8.00. The Labute approximate surface area is 340 Å². The molecule has 0 atom stereocenters. The maximum absolute atomic E-state index is 5.44. The molecule has 0 fully saturated rings. The van der Waals surface area contributed by atoms with Gasteiger partial charge in [0.25, 0.3) is 0 Å². The molecule has 0 N–H and O–H groups in total. The van der Waals surface area contributed by atoms with Crippen LogP contribution in [0.4, 0.5) is 0 Å². The van der Waals surface area contributed by atoms with Crippen LogP contribution in [0.15, 0.2) is 206 Å². The van der Waals surface area contributed by atoms with Gasteiger partial charge >= 0.3 is 0 Å². The van der Waals surface area contributed by atoms with Gasteiger partial charge in [-0.3, -0.25) is 4.57 Å². The summed E-state index contributed by atoms with van der Waals surface area (Å²) >= 11 is 0. The maximum atomic E-state index is 5.44. The second-order valence-electron chi connectivity index (χ2n) is 14.5. The molecule has 0 radical (unpaired) electrons. The highest BCUT2D eigenvalue weighted by atomic mass is 15.1. The monoisotopic (exact) mass is 754 g/mol. The van der Waals surface area contributed by atoms with Crippen LogP contribution >= 0.6 is 0 Å². The first-order valence-electron chi connectivity index (χ1n) is 19.7. The number of rotatable bonds is 7. The molecule has 0 aliphatic heterocycles. The van der Waals surface area contributed by atoms with E-state index >= 15 is 0 Å². The molecule has 0 unspecified atom stereocenters. The first-order valence-corrected chi connectivity index (χ1v) is 19.7. The van der Waals surface area contributed by atoms with E-state index < -0.39 is 0 Å². The van der Waals surface area contributed by atoms with Crippen molar-refractivity contribution in [2.45, 2.75) is 0 Å². The Bertz CT molecular complexity index is 3230. The summed E-state index contributed by atoms with van der Waals surface area (Å²) in [4.78, 5) is 25.9. The van der Waals surface area contributed by atoms with Crippen LogP contribution in [0, 0.1) is 0 Å². The third kappa shape index (κ3) is 6.20. The first-order chi connectivity index (χ1) is 29.2. The van der Waals surface area contributed by atoms with Crippen LogP contribution in [0.5, 0.6) is 0 Å². The van der Waals surface area contributed by atoms with Crippen molar-refractivity contribution < 1.29 is 0 Å². The Hall–Kier alpha value is -8.09. The Balaban J connectivity index is 1.05. The number of nitrogens with zero attached hydrogens (tertiary/aromatic N) is 6. The average molecular weight is 755 g/mol. The molecule has 0 saturated heterocycles. The molecule has 4 heterocycles. The highest BCUT2D eigenvalue weighted by molar-refractivity contribution is 6.20. The highest BCUT2D eigenvalue weighted by Gasteiger charge is 2.21. The SMILES string of the molecule is c1ccc(-c2cc(-c3cccc(-c4ccc(-c5nc6ccccc6c6ccc7c(nc(-c8ccccc8)n7-c7ccccc7)c56)cc4)n3)nc(-c3ccccc3)n2)cc1. The van der Waals surface area contributed by atoms with E-state index in [-0.39, 0.29) is 0 Å². The van der Waals surface area contributed by atoms with Gasteiger partial charge in [0.15, 0.2) is 5.82 Å². The van der Waals surface area contributed by atoms with E-state index in [1.54, 1.807) is 0 Å². The van der Waals surface area contributed by atoms with Crippen LogP contribution in [0.1, 0.15) is 0 Å². The minimum Gasteiger partial charge on any atom is -0.292 e. The molecular weight excluding hydrogens is 721 g/mol. The first kappa shape index (κ1) is 34.2. The van der Waals surface area contributed by atoms with E-state index in [1.165, 1.54) is 0 Å². The average Bonchev–Trinajstić information content (AvgIpc) is 3.72. The number of para-hydroxylation sites is 2. The van der Waals surface area contributed by atoms with Gasteiger partial charge in [-0.1, -0.05) is 164 Å². The van der Waals surface area contributed by atoms with E-state index in [4.69, 9.17) is 24.9 Å². The Morgan fingerprint density at radius 3 is 1.68 bits per heavy atom. The topological polar surface area (TPSA) is 69.4 Å². The molecule has 11 rings (SSSR count). The molecule has 276 valence electrons. The van der Waals surface area contributed by atoms with Gasteiger partial charge in [0.05, 0.1) is 45.0 Å². The molecule has 11 aromatic rings. The number of pyridine rings is 2. The minimum atomic E-state index is 0.659. The number of aromatic nitrogens is 6. The van der Waals surface area contributed by atoms with Gasteiger partial charge in [-0.05, 0) is 47.9 Å². The zero-order chi connectivity index (χ0) is 39.1. The van der Waals surface area contributed by atoms with Crippen LogP contribution in [0.2, 0.25) is 0 Å². The Morgan fingerprint density at radius 1 is 0.339 bits per heavy atom. The molecule has 59 heavy (non-hydrogen) atoms. The Morgan fingerprint density at radius 2 is 0.932 bits per heavy atom.